The van der Waals surface area contributed by atoms with Crippen LogP contribution in [0.15, 0.2) is 47.7 Å². The number of aromatic nitrogens is 3. The Hall–Kier alpha value is -4.01. The molecule has 1 atom stereocenters. The molecule has 2 aromatic heterocycles. The van der Waals surface area contributed by atoms with Gasteiger partial charge in [-0.05, 0) is 55.5 Å². The number of carbonyl (C=O) groups excluding carboxylic acids is 2. The van der Waals surface area contributed by atoms with E-state index >= 15 is 0 Å². The van der Waals surface area contributed by atoms with Gasteiger partial charge in [-0.1, -0.05) is 13.0 Å². The first-order chi connectivity index (χ1) is 16.4. The largest absolute Gasteiger partial charge is 0.477 e. The molecule has 9 heteroatoms. The Labute approximate surface area is 197 Å². The topological polar surface area (TPSA) is 102 Å². The Morgan fingerprint density at radius 2 is 2.09 bits per heavy atom. The number of anilines is 2. The third-order valence-electron chi connectivity index (χ3n) is 6.03. The van der Waals surface area contributed by atoms with E-state index in [1.807, 2.05) is 19.1 Å². The highest BCUT2D eigenvalue weighted by Crippen LogP contribution is 2.35. The smallest absolute Gasteiger partial charge is 0.280 e. The molecule has 1 aromatic carbocycles. The van der Waals surface area contributed by atoms with Crippen LogP contribution in [0.5, 0.6) is 5.88 Å². The van der Waals surface area contributed by atoms with Crippen LogP contribution in [-0.2, 0) is 0 Å². The van der Waals surface area contributed by atoms with Crippen LogP contribution in [0.3, 0.4) is 0 Å². The van der Waals surface area contributed by atoms with Crippen molar-refractivity contribution in [2.75, 3.05) is 23.4 Å². The van der Waals surface area contributed by atoms with E-state index in [-0.39, 0.29) is 11.8 Å². The summed E-state index contributed by atoms with van der Waals surface area (Å²) < 4.78 is 7.26. The maximum absolute atomic E-state index is 13.2. The fourth-order valence-electron chi connectivity index (χ4n) is 4.30. The Kier molecular flexibility index (Phi) is 5.61. The molecule has 0 aliphatic carbocycles. The van der Waals surface area contributed by atoms with Crippen molar-refractivity contribution >= 4 is 29.1 Å². The molecule has 1 amide bonds. The molecule has 174 valence electrons. The van der Waals surface area contributed by atoms with Gasteiger partial charge in [0.2, 0.25) is 17.7 Å². The summed E-state index contributed by atoms with van der Waals surface area (Å²) in [5.74, 6) is 0.524. The predicted molar refractivity (Wildman–Crippen MR) is 130 cm³/mol. The van der Waals surface area contributed by atoms with Crippen molar-refractivity contribution in [1.29, 1.82) is 0 Å². The molecule has 2 aliphatic rings. The number of aliphatic imine (C=N–C) groups is 1. The van der Waals surface area contributed by atoms with Crippen molar-refractivity contribution in [3.05, 3.63) is 53.9 Å². The molecular formula is C25H26N6O3. The Balaban J connectivity index is 1.58. The zero-order valence-corrected chi connectivity index (χ0v) is 19.4. The summed E-state index contributed by atoms with van der Waals surface area (Å²) in [7, 11) is 0. The lowest BCUT2D eigenvalue weighted by atomic mass is 10.0. The van der Waals surface area contributed by atoms with Crippen LogP contribution in [0.4, 0.5) is 11.4 Å². The number of ether oxygens (including phenoxy) is 1. The van der Waals surface area contributed by atoms with Gasteiger partial charge in [-0.3, -0.25) is 14.6 Å². The van der Waals surface area contributed by atoms with Gasteiger partial charge < -0.3 is 15.0 Å². The number of aryl methyl sites for hydroxylation is 1. The van der Waals surface area contributed by atoms with Crippen molar-refractivity contribution in [3.63, 3.8) is 0 Å². The molecule has 2 bridgehead atoms. The van der Waals surface area contributed by atoms with Crippen LogP contribution in [0, 0.1) is 12.8 Å². The molecule has 34 heavy (non-hydrogen) atoms. The van der Waals surface area contributed by atoms with Gasteiger partial charge in [-0.25, -0.2) is 0 Å². The molecule has 0 radical (unpaired) electrons. The van der Waals surface area contributed by atoms with E-state index in [0.717, 1.165) is 29.8 Å². The normalized spacial score (nSPS) is 19.4. The summed E-state index contributed by atoms with van der Waals surface area (Å²) in [6.07, 6.45) is 4.79. The summed E-state index contributed by atoms with van der Waals surface area (Å²) in [6, 6.07) is 9.44. The van der Waals surface area contributed by atoms with Gasteiger partial charge in [0, 0.05) is 25.2 Å². The molecule has 0 unspecified atom stereocenters. The lowest BCUT2D eigenvalue weighted by molar-refractivity contribution is 0.0904. The third kappa shape index (κ3) is 4.05. The fourth-order valence-corrected chi connectivity index (χ4v) is 4.30. The highest BCUT2D eigenvalue weighted by molar-refractivity contribution is 6.19. The summed E-state index contributed by atoms with van der Waals surface area (Å²) in [4.78, 5) is 36.2. The number of nitrogens with one attached hydrogen (secondary N) is 1. The fraction of sp³-hybridized carbons (Fsp3) is 0.320. The van der Waals surface area contributed by atoms with Gasteiger partial charge in [-0.2, -0.15) is 14.8 Å². The minimum atomic E-state index is -0.385. The lowest BCUT2D eigenvalue weighted by Crippen LogP contribution is -2.35. The molecule has 5 rings (SSSR count). The Bertz CT molecular complexity index is 1310. The quantitative estimate of drug-likeness (QED) is 0.540. The second-order valence-corrected chi connectivity index (χ2v) is 8.82. The van der Waals surface area contributed by atoms with Crippen molar-refractivity contribution < 1.29 is 14.3 Å². The molecule has 3 aromatic rings. The zero-order valence-electron chi connectivity index (χ0n) is 19.4. The molecule has 0 saturated heterocycles. The molecule has 0 spiro atoms. The van der Waals surface area contributed by atoms with Crippen LogP contribution in [0.25, 0.3) is 11.3 Å². The third-order valence-corrected chi connectivity index (χ3v) is 6.03. The summed E-state index contributed by atoms with van der Waals surface area (Å²) in [5.41, 5.74) is 4.53. The minimum Gasteiger partial charge on any atom is -0.477 e. The van der Waals surface area contributed by atoms with Gasteiger partial charge in [0.05, 0.1) is 35.4 Å². The predicted octanol–water partition coefficient (Wildman–Crippen LogP) is 4.15. The number of hydrogen-bond donors (Lipinski definition) is 1. The highest BCUT2D eigenvalue weighted by atomic mass is 16.5. The van der Waals surface area contributed by atoms with Crippen LogP contribution >= 0.6 is 0 Å². The molecular weight excluding hydrogens is 432 g/mol. The average molecular weight is 459 g/mol. The summed E-state index contributed by atoms with van der Waals surface area (Å²) in [5, 5.41) is 7.48. The van der Waals surface area contributed by atoms with E-state index in [1.165, 1.54) is 11.6 Å². The number of nitrogens with zero attached hydrogens (tertiary/aromatic N) is 5. The van der Waals surface area contributed by atoms with Crippen LogP contribution < -0.4 is 15.0 Å². The lowest BCUT2D eigenvalue weighted by Gasteiger charge is -2.23. The van der Waals surface area contributed by atoms with Crippen LogP contribution in [-0.4, -0.2) is 45.7 Å². The van der Waals surface area contributed by atoms with Gasteiger partial charge in [0.15, 0.2) is 0 Å². The van der Waals surface area contributed by atoms with Crippen molar-refractivity contribution in [1.82, 2.24) is 14.8 Å². The van der Waals surface area contributed by atoms with Gasteiger partial charge in [0.1, 0.15) is 0 Å². The zero-order chi connectivity index (χ0) is 23.8. The molecule has 0 saturated carbocycles. The first-order valence-corrected chi connectivity index (χ1v) is 11.4. The number of fused-ring (bicyclic) bond motifs is 7. The number of rotatable bonds is 0. The molecule has 2 aliphatic heterocycles. The molecule has 4 heterocycles. The number of pyridine rings is 1. The standard InChI is InChI=1S/C25H26N6O3/c1-15-6-7-20-22(11-15)30-14-16(2)5-4-10-34-24-19(13-27-31(24)17(3)32)21-12-18(8-9-26-21)23(33)29-25(30)28-20/h6-9,11-13,16H,4-5,10,14H2,1-3H3,(H,28,29,33)/t16-/m1/s1. The SMILES string of the molecule is CC(=O)n1ncc2c1OCCC[C@@H](C)CN1/C(=N/C(=O)c3ccnc-2c3)Nc2ccc(C)cc21. The second kappa shape index (κ2) is 8.74. The van der Waals surface area contributed by atoms with E-state index < -0.39 is 0 Å². The van der Waals surface area contributed by atoms with E-state index in [9.17, 15) is 9.59 Å². The van der Waals surface area contributed by atoms with Crippen LogP contribution in [0.1, 0.15) is 47.4 Å². The first kappa shape index (κ1) is 21.8. The van der Waals surface area contributed by atoms with Crippen molar-refractivity contribution in [2.24, 2.45) is 10.9 Å². The maximum Gasteiger partial charge on any atom is 0.280 e. The maximum atomic E-state index is 13.2. The van der Waals surface area contributed by atoms with Crippen molar-refractivity contribution in [3.8, 4) is 17.1 Å². The van der Waals surface area contributed by atoms with E-state index in [0.29, 0.717) is 47.7 Å². The van der Waals surface area contributed by atoms with E-state index in [2.05, 4.69) is 38.3 Å². The molecule has 9 nitrogen and oxygen atoms in total. The second-order valence-electron chi connectivity index (χ2n) is 8.82. The van der Waals surface area contributed by atoms with Gasteiger partial charge >= 0.3 is 0 Å². The Morgan fingerprint density at radius 1 is 1.24 bits per heavy atom. The monoisotopic (exact) mass is 458 g/mol. The van der Waals surface area contributed by atoms with Crippen molar-refractivity contribution in [2.45, 2.75) is 33.6 Å². The number of benzene rings is 1. The minimum absolute atomic E-state index is 0.258. The van der Waals surface area contributed by atoms with E-state index in [1.54, 1.807) is 24.5 Å². The summed E-state index contributed by atoms with van der Waals surface area (Å²) >= 11 is 0. The van der Waals surface area contributed by atoms with E-state index in [4.69, 9.17) is 4.74 Å². The van der Waals surface area contributed by atoms with Crippen LogP contribution in [0.2, 0.25) is 0 Å². The number of guanidine groups is 1. The average Bonchev–Trinajstić information content (AvgIpc) is 3.38. The van der Waals surface area contributed by atoms with Gasteiger partial charge in [-0.15, -0.1) is 0 Å². The molecule has 1 N–H and O–H groups in total. The number of amides is 1. The number of hydrogen-bond acceptors (Lipinski definition) is 7. The first-order valence-electron chi connectivity index (χ1n) is 11.4. The Morgan fingerprint density at radius 3 is 2.91 bits per heavy atom. The number of carbonyl (C=O) groups is 2. The molecule has 0 fully saturated rings. The summed E-state index contributed by atoms with van der Waals surface area (Å²) in [6.45, 7) is 6.78. The van der Waals surface area contributed by atoms with Gasteiger partial charge in [0.25, 0.3) is 5.91 Å². The highest BCUT2D eigenvalue weighted by Gasteiger charge is 2.28.